The average Bonchev–Trinajstić information content (AvgIpc) is 3.26. The van der Waals surface area contributed by atoms with Crippen LogP contribution in [0.5, 0.6) is 0 Å². The molecule has 1 aromatic carbocycles. The summed E-state index contributed by atoms with van der Waals surface area (Å²) in [6.45, 7) is 3.78. The molecule has 1 amide bonds. The standard InChI is InChI=1S/C21H27Cl2N3O2/c1-21(2,28)13-26-10-9-19(25-26)24-20(27)16(11-14-5-3-4-6-14)15-7-8-17(22)18(23)12-15/h7-10,12,14,16,28H,3-6,11,13H2,1-2H3,(H,24,25,27). The van der Waals surface area contributed by atoms with Gasteiger partial charge in [-0.3, -0.25) is 9.48 Å². The number of carbonyl (C=O) groups excluding carboxylic acids is 1. The summed E-state index contributed by atoms with van der Waals surface area (Å²) in [7, 11) is 0. The molecule has 0 aliphatic heterocycles. The largest absolute Gasteiger partial charge is 0.389 e. The molecule has 0 saturated heterocycles. The number of hydrogen-bond acceptors (Lipinski definition) is 3. The number of hydrogen-bond donors (Lipinski definition) is 2. The number of nitrogens with zero attached hydrogens (tertiary/aromatic N) is 2. The van der Waals surface area contributed by atoms with Gasteiger partial charge in [-0.05, 0) is 43.9 Å². The normalized spacial score (nSPS) is 16.3. The Bertz CT molecular complexity index is 823. The Labute approximate surface area is 176 Å². The molecule has 7 heteroatoms. The van der Waals surface area contributed by atoms with Gasteiger partial charge in [0.1, 0.15) is 0 Å². The van der Waals surface area contributed by atoms with Gasteiger partial charge in [-0.2, -0.15) is 5.10 Å². The van der Waals surface area contributed by atoms with Gasteiger partial charge in [0.15, 0.2) is 5.82 Å². The molecular weight excluding hydrogens is 397 g/mol. The van der Waals surface area contributed by atoms with E-state index in [9.17, 15) is 9.90 Å². The summed E-state index contributed by atoms with van der Waals surface area (Å²) in [6, 6.07) is 7.15. The maximum atomic E-state index is 13.1. The van der Waals surface area contributed by atoms with Crippen LogP contribution in [0, 0.1) is 5.92 Å². The lowest BCUT2D eigenvalue weighted by Crippen LogP contribution is -2.27. The smallest absolute Gasteiger partial charge is 0.233 e. The van der Waals surface area contributed by atoms with E-state index in [0.29, 0.717) is 28.3 Å². The quantitative estimate of drug-likeness (QED) is 0.637. The van der Waals surface area contributed by atoms with Crippen molar-refractivity contribution in [2.24, 2.45) is 5.92 Å². The van der Waals surface area contributed by atoms with Crippen molar-refractivity contribution in [3.05, 3.63) is 46.1 Å². The molecule has 2 N–H and O–H groups in total. The van der Waals surface area contributed by atoms with Crippen molar-refractivity contribution in [3.8, 4) is 0 Å². The minimum atomic E-state index is -0.877. The SMILES string of the molecule is CC(C)(O)Cn1ccc(NC(=O)C(CC2CCCC2)c2ccc(Cl)c(Cl)c2)n1. The summed E-state index contributed by atoms with van der Waals surface area (Å²) in [5, 5.41) is 18.2. The monoisotopic (exact) mass is 423 g/mol. The summed E-state index contributed by atoms with van der Waals surface area (Å²) in [4.78, 5) is 13.1. The lowest BCUT2D eigenvalue weighted by Gasteiger charge is -2.20. The minimum absolute atomic E-state index is 0.0983. The fraction of sp³-hybridized carbons (Fsp3) is 0.524. The third kappa shape index (κ3) is 5.72. The second-order valence-electron chi connectivity index (χ2n) is 8.31. The zero-order valence-electron chi connectivity index (χ0n) is 16.3. The van der Waals surface area contributed by atoms with Gasteiger partial charge in [-0.15, -0.1) is 0 Å². The highest BCUT2D eigenvalue weighted by Crippen LogP contribution is 2.36. The van der Waals surface area contributed by atoms with Crippen LogP contribution in [0.1, 0.15) is 57.4 Å². The Hall–Kier alpha value is -1.56. The molecule has 5 nitrogen and oxygen atoms in total. The molecule has 1 saturated carbocycles. The van der Waals surface area contributed by atoms with Crippen molar-refractivity contribution >= 4 is 34.9 Å². The highest BCUT2D eigenvalue weighted by Gasteiger charge is 2.27. The van der Waals surface area contributed by atoms with Crippen LogP contribution in [-0.2, 0) is 11.3 Å². The number of aliphatic hydroxyl groups is 1. The van der Waals surface area contributed by atoms with Crippen molar-refractivity contribution in [2.45, 2.75) is 64.0 Å². The zero-order chi connectivity index (χ0) is 20.3. The van der Waals surface area contributed by atoms with E-state index in [2.05, 4.69) is 10.4 Å². The van der Waals surface area contributed by atoms with E-state index in [1.807, 2.05) is 6.07 Å². The summed E-state index contributed by atoms with van der Waals surface area (Å²) in [6.07, 6.45) is 7.30. The van der Waals surface area contributed by atoms with Crippen LogP contribution in [-0.4, -0.2) is 26.4 Å². The third-order valence-electron chi connectivity index (χ3n) is 5.15. The molecule has 0 bridgehead atoms. The molecule has 28 heavy (non-hydrogen) atoms. The van der Waals surface area contributed by atoms with E-state index in [0.717, 1.165) is 24.8 Å². The first-order valence-corrected chi connectivity index (χ1v) is 10.5. The van der Waals surface area contributed by atoms with Crippen LogP contribution in [0.15, 0.2) is 30.5 Å². The summed E-state index contributed by atoms with van der Waals surface area (Å²) in [5.41, 5.74) is -0.00651. The average molecular weight is 424 g/mol. The Balaban J connectivity index is 1.77. The minimum Gasteiger partial charge on any atom is -0.389 e. The van der Waals surface area contributed by atoms with Crippen molar-refractivity contribution < 1.29 is 9.90 Å². The number of nitrogens with one attached hydrogen (secondary N) is 1. The number of rotatable bonds is 7. The molecule has 1 heterocycles. The van der Waals surface area contributed by atoms with Gasteiger partial charge in [0.2, 0.25) is 5.91 Å². The predicted molar refractivity (Wildman–Crippen MR) is 113 cm³/mol. The van der Waals surface area contributed by atoms with Gasteiger partial charge in [0, 0.05) is 12.3 Å². The first-order valence-electron chi connectivity index (χ1n) is 9.73. The van der Waals surface area contributed by atoms with E-state index in [1.54, 1.807) is 42.9 Å². The van der Waals surface area contributed by atoms with E-state index >= 15 is 0 Å². The Kier molecular flexibility index (Phi) is 6.69. The van der Waals surface area contributed by atoms with Crippen LogP contribution >= 0.6 is 23.2 Å². The molecule has 1 aliphatic carbocycles. The fourth-order valence-corrected chi connectivity index (χ4v) is 4.14. The Morgan fingerprint density at radius 1 is 1.29 bits per heavy atom. The molecule has 1 unspecified atom stereocenters. The van der Waals surface area contributed by atoms with Gasteiger partial charge in [-0.25, -0.2) is 0 Å². The molecule has 1 aromatic heterocycles. The molecule has 0 radical (unpaired) electrons. The van der Waals surface area contributed by atoms with Gasteiger partial charge in [0.05, 0.1) is 28.1 Å². The Morgan fingerprint density at radius 2 is 2.00 bits per heavy atom. The summed E-state index contributed by atoms with van der Waals surface area (Å²) in [5.74, 6) is 0.611. The molecule has 152 valence electrons. The number of aromatic nitrogens is 2. The van der Waals surface area contributed by atoms with E-state index in [4.69, 9.17) is 23.2 Å². The van der Waals surface area contributed by atoms with Crippen LogP contribution in [0.3, 0.4) is 0 Å². The van der Waals surface area contributed by atoms with Crippen molar-refractivity contribution in [1.29, 1.82) is 0 Å². The van der Waals surface area contributed by atoms with Gasteiger partial charge in [0.25, 0.3) is 0 Å². The second-order valence-corrected chi connectivity index (χ2v) is 9.13. The topological polar surface area (TPSA) is 67.2 Å². The fourth-order valence-electron chi connectivity index (χ4n) is 3.83. The molecule has 3 rings (SSSR count). The van der Waals surface area contributed by atoms with Crippen LogP contribution in [0.4, 0.5) is 5.82 Å². The maximum Gasteiger partial charge on any atom is 0.233 e. The molecule has 2 aromatic rings. The highest BCUT2D eigenvalue weighted by molar-refractivity contribution is 6.42. The van der Waals surface area contributed by atoms with Crippen LogP contribution < -0.4 is 5.32 Å². The first-order chi connectivity index (χ1) is 13.2. The van der Waals surface area contributed by atoms with E-state index in [1.165, 1.54) is 12.8 Å². The van der Waals surface area contributed by atoms with E-state index < -0.39 is 5.60 Å². The summed E-state index contributed by atoms with van der Waals surface area (Å²) >= 11 is 12.3. The number of amides is 1. The summed E-state index contributed by atoms with van der Waals surface area (Å²) < 4.78 is 1.63. The highest BCUT2D eigenvalue weighted by atomic mass is 35.5. The molecule has 1 atom stereocenters. The van der Waals surface area contributed by atoms with Crippen LogP contribution in [0.25, 0.3) is 0 Å². The molecule has 0 spiro atoms. The number of anilines is 1. The van der Waals surface area contributed by atoms with Gasteiger partial charge < -0.3 is 10.4 Å². The Morgan fingerprint density at radius 3 is 2.64 bits per heavy atom. The molecular formula is C21H27Cl2N3O2. The van der Waals surface area contributed by atoms with Gasteiger partial charge >= 0.3 is 0 Å². The first kappa shape index (κ1) is 21.2. The molecule has 1 fully saturated rings. The number of halogens is 2. The molecule has 1 aliphatic rings. The van der Waals surface area contributed by atoms with E-state index in [-0.39, 0.29) is 11.8 Å². The number of benzene rings is 1. The zero-order valence-corrected chi connectivity index (χ0v) is 17.8. The van der Waals surface area contributed by atoms with Crippen molar-refractivity contribution in [2.75, 3.05) is 5.32 Å². The van der Waals surface area contributed by atoms with Gasteiger partial charge in [-0.1, -0.05) is 55.0 Å². The van der Waals surface area contributed by atoms with Crippen molar-refractivity contribution in [1.82, 2.24) is 9.78 Å². The van der Waals surface area contributed by atoms with Crippen molar-refractivity contribution in [3.63, 3.8) is 0 Å². The number of carbonyl (C=O) groups is 1. The maximum absolute atomic E-state index is 13.1. The lowest BCUT2D eigenvalue weighted by atomic mass is 9.87. The second kappa shape index (κ2) is 8.85. The third-order valence-corrected chi connectivity index (χ3v) is 5.89. The lowest BCUT2D eigenvalue weighted by molar-refractivity contribution is -0.118. The van der Waals surface area contributed by atoms with Crippen LogP contribution in [0.2, 0.25) is 10.0 Å². The predicted octanol–water partition coefficient (Wildman–Crippen LogP) is 5.26.